The van der Waals surface area contributed by atoms with Gasteiger partial charge in [0.1, 0.15) is 0 Å². The highest BCUT2D eigenvalue weighted by atomic mass is 32.1. The van der Waals surface area contributed by atoms with Gasteiger partial charge in [-0.25, -0.2) is 0 Å². The van der Waals surface area contributed by atoms with Gasteiger partial charge in [0.05, 0.1) is 6.61 Å². The Hall–Kier alpha value is -0.470. The van der Waals surface area contributed by atoms with Crippen LogP contribution < -0.4 is 0 Å². The molecule has 2 atom stereocenters. The smallest absolute Gasteiger partial charge is 0.0507 e. The van der Waals surface area contributed by atoms with Crippen molar-refractivity contribution >= 4 is 12.6 Å². The maximum absolute atomic E-state index is 5.52. The molecule has 1 aliphatic heterocycles. The topological polar surface area (TPSA) is 9.23 Å². The fourth-order valence-corrected chi connectivity index (χ4v) is 2.40. The third-order valence-electron chi connectivity index (χ3n) is 3.18. The summed E-state index contributed by atoms with van der Waals surface area (Å²) < 4.78 is 5.52. The highest BCUT2D eigenvalue weighted by Gasteiger charge is 2.23. The molecule has 0 aliphatic carbocycles. The van der Waals surface area contributed by atoms with Crippen molar-refractivity contribution < 1.29 is 4.74 Å². The zero-order valence-electron chi connectivity index (χ0n) is 9.15. The first-order valence-electron chi connectivity index (χ1n) is 5.57. The number of ether oxygens (including phenoxy) is 1. The van der Waals surface area contributed by atoms with Crippen LogP contribution in [0.3, 0.4) is 0 Å². The SMILES string of the molecule is Cc1ccccc1C[C@@H]1COCC[C@@H]1S. The van der Waals surface area contributed by atoms with Gasteiger partial charge in [-0.05, 0) is 36.8 Å². The summed E-state index contributed by atoms with van der Waals surface area (Å²) in [5.41, 5.74) is 2.82. The average molecular weight is 222 g/mol. The Bertz CT molecular complexity index is 324. The number of hydrogen-bond donors (Lipinski definition) is 1. The van der Waals surface area contributed by atoms with E-state index in [-0.39, 0.29) is 0 Å². The van der Waals surface area contributed by atoms with Crippen molar-refractivity contribution in [2.75, 3.05) is 13.2 Å². The minimum atomic E-state index is 0.498. The Morgan fingerprint density at radius 1 is 1.40 bits per heavy atom. The molecule has 2 rings (SSSR count). The summed E-state index contributed by atoms with van der Waals surface area (Å²) >= 11 is 4.64. The van der Waals surface area contributed by atoms with Crippen LogP contribution in [0.1, 0.15) is 17.5 Å². The lowest BCUT2D eigenvalue weighted by molar-refractivity contribution is 0.0596. The van der Waals surface area contributed by atoms with Gasteiger partial charge in [0.2, 0.25) is 0 Å². The summed E-state index contributed by atoms with van der Waals surface area (Å²) in [6.45, 7) is 3.91. The standard InChI is InChI=1S/C13H18OS/c1-10-4-2-3-5-11(10)8-12-9-14-7-6-13(12)15/h2-5,12-13,15H,6-9H2,1H3/t12-,13+/m1/s1. The first kappa shape index (κ1) is 11.0. The molecule has 0 unspecified atom stereocenters. The van der Waals surface area contributed by atoms with Crippen molar-refractivity contribution in [3.05, 3.63) is 35.4 Å². The molecule has 1 aromatic rings. The zero-order valence-corrected chi connectivity index (χ0v) is 10.0. The van der Waals surface area contributed by atoms with Gasteiger partial charge in [-0.3, -0.25) is 0 Å². The average Bonchev–Trinajstić information content (AvgIpc) is 2.24. The van der Waals surface area contributed by atoms with Crippen molar-refractivity contribution in [3.63, 3.8) is 0 Å². The summed E-state index contributed by atoms with van der Waals surface area (Å²) in [7, 11) is 0. The Kier molecular flexibility index (Phi) is 3.71. The molecule has 0 spiro atoms. The molecular weight excluding hydrogens is 204 g/mol. The van der Waals surface area contributed by atoms with E-state index in [1.165, 1.54) is 11.1 Å². The predicted molar refractivity (Wildman–Crippen MR) is 66.6 cm³/mol. The van der Waals surface area contributed by atoms with Crippen LogP contribution in [0.2, 0.25) is 0 Å². The van der Waals surface area contributed by atoms with Crippen LogP contribution in [0.15, 0.2) is 24.3 Å². The van der Waals surface area contributed by atoms with E-state index >= 15 is 0 Å². The zero-order chi connectivity index (χ0) is 10.7. The van der Waals surface area contributed by atoms with Crippen LogP contribution in [-0.2, 0) is 11.2 Å². The summed E-state index contributed by atoms with van der Waals surface area (Å²) in [5, 5.41) is 0.498. The fraction of sp³-hybridized carbons (Fsp3) is 0.538. The lowest BCUT2D eigenvalue weighted by Crippen LogP contribution is -2.29. The molecule has 1 fully saturated rings. The summed E-state index contributed by atoms with van der Waals surface area (Å²) in [6.07, 6.45) is 2.18. The van der Waals surface area contributed by atoms with Crippen molar-refractivity contribution in [1.82, 2.24) is 0 Å². The van der Waals surface area contributed by atoms with E-state index in [1.807, 2.05) is 0 Å². The van der Waals surface area contributed by atoms with E-state index in [0.717, 1.165) is 26.1 Å². The van der Waals surface area contributed by atoms with Gasteiger partial charge in [0.25, 0.3) is 0 Å². The minimum absolute atomic E-state index is 0.498. The molecule has 1 nitrogen and oxygen atoms in total. The Balaban J connectivity index is 2.04. The van der Waals surface area contributed by atoms with E-state index in [4.69, 9.17) is 4.74 Å². The van der Waals surface area contributed by atoms with Crippen LogP contribution in [-0.4, -0.2) is 18.5 Å². The largest absolute Gasteiger partial charge is 0.381 e. The van der Waals surface area contributed by atoms with Crippen LogP contribution in [0.4, 0.5) is 0 Å². The molecule has 0 aromatic heterocycles. The van der Waals surface area contributed by atoms with Crippen LogP contribution in [0.5, 0.6) is 0 Å². The molecule has 1 aromatic carbocycles. The molecule has 0 amide bonds. The number of thiol groups is 1. The van der Waals surface area contributed by atoms with Crippen LogP contribution >= 0.6 is 12.6 Å². The molecular formula is C13H18OS. The van der Waals surface area contributed by atoms with E-state index in [0.29, 0.717) is 11.2 Å². The summed E-state index contributed by atoms with van der Waals surface area (Å²) in [4.78, 5) is 0. The highest BCUT2D eigenvalue weighted by Crippen LogP contribution is 2.24. The normalized spacial score (nSPS) is 26.5. The van der Waals surface area contributed by atoms with Gasteiger partial charge in [0, 0.05) is 11.9 Å². The third-order valence-corrected chi connectivity index (χ3v) is 3.86. The van der Waals surface area contributed by atoms with E-state index in [2.05, 4.69) is 43.8 Å². The maximum Gasteiger partial charge on any atom is 0.0507 e. The Morgan fingerprint density at radius 2 is 2.20 bits per heavy atom. The van der Waals surface area contributed by atoms with Crippen molar-refractivity contribution in [3.8, 4) is 0 Å². The quantitative estimate of drug-likeness (QED) is 0.757. The first-order chi connectivity index (χ1) is 7.27. The molecule has 1 saturated heterocycles. The number of benzene rings is 1. The lowest BCUT2D eigenvalue weighted by Gasteiger charge is -2.28. The second-order valence-electron chi connectivity index (χ2n) is 4.32. The summed E-state index contributed by atoms with van der Waals surface area (Å²) in [5.74, 6) is 0.572. The monoisotopic (exact) mass is 222 g/mol. The van der Waals surface area contributed by atoms with Gasteiger partial charge in [-0.15, -0.1) is 0 Å². The van der Waals surface area contributed by atoms with Gasteiger partial charge >= 0.3 is 0 Å². The molecule has 15 heavy (non-hydrogen) atoms. The van der Waals surface area contributed by atoms with Crippen LogP contribution in [0, 0.1) is 12.8 Å². The van der Waals surface area contributed by atoms with Gasteiger partial charge in [0.15, 0.2) is 0 Å². The highest BCUT2D eigenvalue weighted by molar-refractivity contribution is 7.81. The minimum Gasteiger partial charge on any atom is -0.381 e. The van der Waals surface area contributed by atoms with Gasteiger partial charge in [-0.1, -0.05) is 24.3 Å². The number of aryl methyl sites for hydroxylation is 1. The lowest BCUT2D eigenvalue weighted by atomic mass is 9.91. The fourth-order valence-electron chi connectivity index (χ4n) is 2.10. The molecule has 0 radical (unpaired) electrons. The van der Waals surface area contributed by atoms with Crippen molar-refractivity contribution in [1.29, 1.82) is 0 Å². The number of hydrogen-bond acceptors (Lipinski definition) is 2. The number of rotatable bonds is 2. The predicted octanol–water partition coefficient (Wildman–Crippen LogP) is 2.87. The molecule has 0 N–H and O–H groups in total. The second-order valence-corrected chi connectivity index (χ2v) is 4.98. The Morgan fingerprint density at radius 3 is 2.93 bits per heavy atom. The molecule has 0 bridgehead atoms. The maximum atomic E-state index is 5.52. The van der Waals surface area contributed by atoms with Crippen molar-refractivity contribution in [2.45, 2.75) is 25.0 Å². The molecule has 82 valence electrons. The third kappa shape index (κ3) is 2.76. The second kappa shape index (κ2) is 5.04. The Labute approximate surface area is 97.2 Å². The molecule has 0 saturated carbocycles. The summed E-state index contributed by atoms with van der Waals surface area (Å²) in [6, 6.07) is 8.59. The van der Waals surface area contributed by atoms with Crippen molar-refractivity contribution in [2.24, 2.45) is 5.92 Å². The van der Waals surface area contributed by atoms with E-state index in [9.17, 15) is 0 Å². The van der Waals surface area contributed by atoms with Gasteiger partial charge in [-0.2, -0.15) is 12.6 Å². The van der Waals surface area contributed by atoms with E-state index < -0.39 is 0 Å². The molecule has 1 aliphatic rings. The van der Waals surface area contributed by atoms with E-state index in [1.54, 1.807) is 0 Å². The van der Waals surface area contributed by atoms with Gasteiger partial charge < -0.3 is 4.74 Å². The van der Waals surface area contributed by atoms with Crippen LogP contribution in [0.25, 0.3) is 0 Å². The molecule has 1 heterocycles. The first-order valence-corrected chi connectivity index (χ1v) is 6.09. The molecule has 2 heteroatoms.